The predicted octanol–water partition coefficient (Wildman–Crippen LogP) is 0.665. The molecule has 3 amide bonds. The first-order valence-electron chi connectivity index (χ1n) is 8.95. The van der Waals surface area contributed by atoms with Gasteiger partial charge in [-0.25, -0.2) is 9.59 Å². The number of benzene rings is 1. The number of hydrogen-bond acceptors (Lipinski definition) is 5. The van der Waals surface area contributed by atoms with Crippen molar-refractivity contribution in [1.82, 2.24) is 15.5 Å². The van der Waals surface area contributed by atoms with Gasteiger partial charge in [0.1, 0.15) is 0 Å². The molecule has 2 aliphatic heterocycles. The number of nitrogens with zero attached hydrogens (tertiary/aromatic N) is 1. The molecular formula is C19H24N4O4. The van der Waals surface area contributed by atoms with Crippen molar-refractivity contribution in [3.05, 3.63) is 47.2 Å². The normalized spacial score (nSPS) is 21.4. The first kappa shape index (κ1) is 18.9. The standard InChI is InChI=1S/C19H24N4O4/c1-27-18(25)15-14(11-23-9-7-13(8-10-23)17(20)24)21-19(26)22-16(15)12-5-3-2-4-6-12/h2-6,13,16H,7-11H2,1H3,(H2,20,24)(H2,21,22,26)/t16-/m0/s1. The van der Waals surface area contributed by atoms with Gasteiger partial charge in [-0.1, -0.05) is 30.3 Å². The van der Waals surface area contributed by atoms with Crippen LogP contribution in [0.3, 0.4) is 0 Å². The second kappa shape index (κ2) is 8.22. The monoisotopic (exact) mass is 372 g/mol. The summed E-state index contributed by atoms with van der Waals surface area (Å²) in [4.78, 5) is 38.2. The van der Waals surface area contributed by atoms with Crippen LogP contribution in [0.1, 0.15) is 24.4 Å². The summed E-state index contributed by atoms with van der Waals surface area (Å²) in [5.74, 6) is -0.878. The molecule has 1 aromatic carbocycles. The van der Waals surface area contributed by atoms with Gasteiger partial charge in [0.25, 0.3) is 0 Å². The number of carbonyl (C=O) groups excluding carboxylic acids is 3. The van der Waals surface area contributed by atoms with E-state index < -0.39 is 12.0 Å². The van der Waals surface area contributed by atoms with E-state index in [1.165, 1.54) is 7.11 Å². The first-order chi connectivity index (χ1) is 13.0. The number of esters is 1. The molecule has 0 aromatic heterocycles. The molecule has 1 fully saturated rings. The minimum Gasteiger partial charge on any atom is -0.466 e. The average Bonchev–Trinajstić information content (AvgIpc) is 2.68. The number of carbonyl (C=O) groups is 3. The minimum atomic E-state index is -0.578. The maximum absolute atomic E-state index is 12.5. The van der Waals surface area contributed by atoms with E-state index in [2.05, 4.69) is 15.5 Å². The number of rotatable bonds is 5. The molecule has 0 aliphatic carbocycles. The third-order valence-corrected chi connectivity index (χ3v) is 5.06. The van der Waals surface area contributed by atoms with Crippen LogP contribution in [0.25, 0.3) is 0 Å². The van der Waals surface area contributed by atoms with E-state index in [9.17, 15) is 14.4 Å². The van der Waals surface area contributed by atoms with Gasteiger partial charge in [0.05, 0.1) is 18.7 Å². The van der Waals surface area contributed by atoms with Crippen LogP contribution in [0.5, 0.6) is 0 Å². The number of likely N-dealkylation sites (tertiary alicyclic amines) is 1. The van der Waals surface area contributed by atoms with E-state index in [1.54, 1.807) is 0 Å². The molecule has 8 nitrogen and oxygen atoms in total. The van der Waals surface area contributed by atoms with Crippen LogP contribution in [0.15, 0.2) is 41.6 Å². The van der Waals surface area contributed by atoms with E-state index in [0.29, 0.717) is 43.7 Å². The Hall–Kier alpha value is -2.87. The number of amides is 3. The highest BCUT2D eigenvalue weighted by atomic mass is 16.5. The van der Waals surface area contributed by atoms with Gasteiger partial charge in [0.2, 0.25) is 5.91 Å². The van der Waals surface area contributed by atoms with Crippen LogP contribution in [0.2, 0.25) is 0 Å². The van der Waals surface area contributed by atoms with Gasteiger partial charge in [0.15, 0.2) is 0 Å². The van der Waals surface area contributed by atoms with Crippen molar-refractivity contribution in [2.24, 2.45) is 11.7 Å². The molecular weight excluding hydrogens is 348 g/mol. The van der Waals surface area contributed by atoms with Gasteiger partial charge in [-0.15, -0.1) is 0 Å². The summed E-state index contributed by atoms with van der Waals surface area (Å²) in [6, 6.07) is 8.35. The Kier molecular flexibility index (Phi) is 5.75. The van der Waals surface area contributed by atoms with Crippen LogP contribution >= 0.6 is 0 Å². The molecule has 8 heteroatoms. The summed E-state index contributed by atoms with van der Waals surface area (Å²) in [6.45, 7) is 1.74. The van der Waals surface area contributed by atoms with Crippen molar-refractivity contribution in [2.45, 2.75) is 18.9 Å². The molecule has 2 aliphatic rings. The molecule has 0 bridgehead atoms. The number of hydrogen-bond donors (Lipinski definition) is 3. The quantitative estimate of drug-likeness (QED) is 0.657. The predicted molar refractivity (Wildman–Crippen MR) is 98.3 cm³/mol. The number of urea groups is 1. The van der Waals surface area contributed by atoms with Crippen molar-refractivity contribution in [1.29, 1.82) is 0 Å². The number of nitrogens with one attached hydrogen (secondary N) is 2. The van der Waals surface area contributed by atoms with Crippen molar-refractivity contribution in [3.63, 3.8) is 0 Å². The molecule has 4 N–H and O–H groups in total. The molecule has 0 unspecified atom stereocenters. The Morgan fingerprint density at radius 1 is 1.22 bits per heavy atom. The van der Waals surface area contributed by atoms with Crippen molar-refractivity contribution >= 4 is 17.9 Å². The fraction of sp³-hybridized carbons (Fsp3) is 0.421. The highest BCUT2D eigenvalue weighted by Crippen LogP contribution is 2.28. The fourth-order valence-corrected chi connectivity index (χ4v) is 3.59. The Labute approximate surface area is 157 Å². The number of primary amides is 1. The first-order valence-corrected chi connectivity index (χ1v) is 8.95. The maximum atomic E-state index is 12.5. The van der Waals surface area contributed by atoms with Gasteiger partial charge in [0, 0.05) is 18.2 Å². The minimum absolute atomic E-state index is 0.116. The zero-order chi connectivity index (χ0) is 19.4. The van der Waals surface area contributed by atoms with E-state index in [4.69, 9.17) is 10.5 Å². The highest BCUT2D eigenvalue weighted by Gasteiger charge is 2.34. The summed E-state index contributed by atoms with van der Waals surface area (Å²) in [5, 5.41) is 5.56. The number of piperidine rings is 1. The van der Waals surface area contributed by atoms with E-state index >= 15 is 0 Å². The summed E-state index contributed by atoms with van der Waals surface area (Å²) in [6.07, 6.45) is 1.34. The van der Waals surface area contributed by atoms with Crippen molar-refractivity contribution in [3.8, 4) is 0 Å². The second-order valence-corrected chi connectivity index (χ2v) is 6.78. The summed E-state index contributed by atoms with van der Waals surface area (Å²) >= 11 is 0. The van der Waals surface area contributed by atoms with Gasteiger partial charge >= 0.3 is 12.0 Å². The summed E-state index contributed by atoms with van der Waals surface area (Å²) in [7, 11) is 1.32. The lowest BCUT2D eigenvalue weighted by atomic mass is 9.93. The SMILES string of the molecule is COC(=O)C1=C(CN2CCC(C(N)=O)CC2)NC(=O)N[C@H]1c1ccccc1. The van der Waals surface area contributed by atoms with Gasteiger partial charge in [-0.2, -0.15) is 0 Å². The Morgan fingerprint density at radius 2 is 1.89 bits per heavy atom. The average molecular weight is 372 g/mol. The third kappa shape index (κ3) is 4.28. The Morgan fingerprint density at radius 3 is 2.48 bits per heavy atom. The molecule has 1 saturated heterocycles. The molecule has 2 heterocycles. The number of nitrogens with two attached hydrogens (primary N) is 1. The fourth-order valence-electron chi connectivity index (χ4n) is 3.59. The van der Waals surface area contributed by atoms with E-state index in [0.717, 1.165) is 5.56 Å². The topological polar surface area (TPSA) is 114 Å². The van der Waals surface area contributed by atoms with E-state index in [1.807, 2.05) is 30.3 Å². The maximum Gasteiger partial charge on any atom is 0.338 e. The van der Waals surface area contributed by atoms with Crippen LogP contribution in [-0.4, -0.2) is 49.6 Å². The second-order valence-electron chi connectivity index (χ2n) is 6.78. The smallest absolute Gasteiger partial charge is 0.338 e. The number of ether oxygens (including phenoxy) is 1. The van der Waals surface area contributed by atoms with Crippen LogP contribution < -0.4 is 16.4 Å². The van der Waals surface area contributed by atoms with Gasteiger partial charge < -0.3 is 21.1 Å². The van der Waals surface area contributed by atoms with Crippen LogP contribution in [-0.2, 0) is 14.3 Å². The lowest BCUT2D eigenvalue weighted by molar-refractivity contribution is -0.136. The van der Waals surface area contributed by atoms with Crippen molar-refractivity contribution < 1.29 is 19.1 Å². The van der Waals surface area contributed by atoms with Crippen LogP contribution in [0.4, 0.5) is 4.79 Å². The summed E-state index contributed by atoms with van der Waals surface area (Å²) in [5.41, 5.74) is 7.10. The van der Waals surface area contributed by atoms with E-state index in [-0.39, 0.29) is 17.9 Å². The molecule has 3 rings (SSSR count). The largest absolute Gasteiger partial charge is 0.466 e. The van der Waals surface area contributed by atoms with Gasteiger partial charge in [-0.3, -0.25) is 9.69 Å². The lowest BCUT2D eigenvalue weighted by Gasteiger charge is -2.34. The molecule has 144 valence electrons. The Balaban J connectivity index is 1.86. The molecule has 27 heavy (non-hydrogen) atoms. The zero-order valence-corrected chi connectivity index (χ0v) is 15.2. The van der Waals surface area contributed by atoms with Gasteiger partial charge in [-0.05, 0) is 31.5 Å². The molecule has 0 radical (unpaired) electrons. The molecule has 1 atom stereocenters. The lowest BCUT2D eigenvalue weighted by Crippen LogP contribution is -2.49. The zero-order valence-electron chi connectivity index (χ0n) is 15.2. The summed E-state index contributed by atoms with van der Waals surface area (Å²) < 4.78 is 4.98. The molecule has 1 aromatic rings. The Bertz CT molecular complexity index is 754. The third-order valence-electron chi connectivity index (χ3n) is 5.06. The highest BCUT2D eigenvalue weighted by molar-refractivity contribution is 5.95. The number of methoxy groups -OCH3 is 1. The molecule has 0 spiro atoms. The van der Waals surface area contributed by atoms with Crippen LogP contribution in [0, 0.1) is 5.92 Å². The molecule has 0 saturated carbocycles. The van der Waals surface area contributed by atoms with Crippen molar-refractivity contribution in [2.75, 3.05) is 26.7 Å².